The fourth-order valence-electron chi connectivity index (χ4n) is 1.05. The van der Waals surface area contributed by atoms with Crippen molar-refractivity contribution in [2.75, 3.05) is 11.9 Å². The largest absolute Gasteiger partial charge is 0.484 e. The van der Waals surface area contributed by atoms with Crippen LogP contribution in [0.2, 0.25) is 0 Å². The summed E-state index contributed by atoms with van der Waals surface area (Å²) in [4.78, 5) is 10.5. The first-order chi connectivity index (χ1) is 6.72. The summed E-state index contributed by atoms with van der Waals surface area (Å²) in [5.74, 6) is 0.221. The van der Waals surface area contributed by atoms with Gasteiger partial charge in [-0.1, -0.05) is 28.1 Å². The minimum absolute atomic E-state index is 0.0717. The van der Waals surface area contributed by atoms with Crippen molar-refractivity contribution in [2.45, 2.75) is 6.42 Å². The number of halogens is 1. The Balaban J connectivity index is 2.58. The number of hydrogen-bond donors (Lipinski definition) is 1. The summed E-state index contributed by atoms with van der Waals surface area (Å²) in [6, 6.07) is 7.62. The van der Waals surface area contributed by atoms with Crippen LogP contribution in [0.25, 0.3) is 0 Å². The number of nitrogens with two attached hydrogens (primary N) is 1. The lowest BCUT2D eigenvalue weighted by Gasteiger charge is -2.05. The van der Waals surface area contributed by atoms with Gasteiger partial charge in [-0.25, -0.2) is 0 Å². The Morgan fingerprint density at radius 1 is 1.50 bits per heavy atom. The van der Waals surface area contributed by atoms with E-state index in [1.807, 2.05) is 18.2 Å². The van der Waals surface area contributed by atoms with Gasteiger partial charge in [-0.3, -0.25) is 4.79 Å². The molecule has 4 heteroatoms. The zero-order valence-corrected chi connectivity index (χ0v) is 9.29. The molecule has 0 aliphatic carbocycles. The summed E-state index contributed by atoms with van der Waals surface area (Å²) >= 11 is 3.36. The third-order valence-corrected chi connectivity index (χ3v) is 2.06. The molecule has 0 aliphatic heterocycles. The molecule has 1 aromatic carbocycles. The summed E-state index contributed by atoms with van der Waals surface area (Å²) in [6.45, 7) is -0.0717. The average Bonchev–Trinajstić information content (AvgIpc) is 2.16. The van der Waals surface area contributed by atoms with Gasteiger partial charge >= 0.3 is 0 Å². The highest BCUT2D eigenvalue weighted by molar-refractivity contribution is 9.09. The monoisotopic (exact) mass is 257 g/mol. The Kier molecular flexibility index (Phi) is 4.46. The van der Waals surface area contributed by atoms with Gasteiger partial charge in [0, 0.05) is 5.33 Å². The van der Waals surface area contributed by atoms with Gasteiger partial charge < -0.3 is 10.5 Å². The van der Waals surface area contributed by atoms with Crippen molar-refractivity contribution in [3.8, 4) is 5.75 Å². The Hall–Kier alpha value is -1.03. The molecule has 0 saturated heterocycles. The summed E-state index contributed by atoms with van der Waals surface area (Å²) < 4.78 is 5.16. The van der Waals surface area contributed by atoms with E-state index >= 15 is 0 Å². The van der Waals surface area contributed by atoms with Gasteiger partial charge in [0.25, 0.3) is 5.91 Å². The number of alkyl halides is 1. The van der Waals surface area contributed by atoms with Crippen molar-refractivity contribution >= 4 is 21.8 Å². The van der Waals surface area contributed by atoms with E-state index in [0.29, 0.717) is 5.75 Å². The second kappa shape index (κ2) is 5.65. The van der Waals surface area contributed by atoms with Gasteiger partial charge in [0.05, 0.1) is 0 Å². The summed E-state index contributed by atoms with van der Waals surface area (Å²) in [7, 11) is 0. The molecule has 0 aliphatic rings. The maximum atomic E-state index is 10.5. The van der Waals surface area contributed by atoms with Crippen LogP contribution in [0.1, 0.15) is 5.56 Å². The van der Waals surface area contributed by atoms with Crippen LogP contribution in [0.5, 0.6) is 5.75 Å². The highest BCUT2D eigenvalue weighted by Crippen LogP contribution is 2.14. The van der Waals surface area contributed by atoms with Crippen LogP contribution in [0.15, 0.2) is 24.3 Å². The number of hydrogen-bond acceptors (Lipinski definition) is 2. The van der Waals surface area contributed by atoms with Crippen molar-refractivity contribution < 1.29 is 9.53 Å². The molecule has 2 N–H and O–H groups in total. The molecule has 0 fully saturated rings. The lowest BCUT2D eigenvalue weighted by molar-refractivity contribution is -0.119. The number of primary amides is 1. The molecule has 0 unspecified atom stereocenters. The molecule has 0 radical (unpaired) electrons. The first-order valence-corrected chi connectivity index (χ1v) is 5.40. The molecular weight excluding hydrogens is 246 g/mol. The molecule has 1 aromatic rings. The van der Waals surface area contributed by atoms with Crippen LogP contribution in [-0.2, 0) is 11.2 Å². The SMILES string of the molecule is NC(=O)COc1cccc(CCBr)c1. The molecule has 76 valence electrons. The van der Waals surface area contributed by atoms with Crippen molar-refractivity contribution in [2.24, 2.45) is 5.73 Å². The van der Waals surface area contributed by atoms with E-state index in [-0.39, 0.29) is 6.61 Å². The lowest BCUT2D eigenvalue weighted by atomic mass is 10.2. The quantitative estimate of drug-likeness (QED) is 0.813. The minimum Gasteiger partial charge on any atom is -0.484 e. The normalized spacial score (nSPS) is 9.79. The van der Waals surface area contributed by atoms with Crippen LogP contribution in [0, 0.1) is 0 Å². The third-order valence-electron chi connectivity index (χ3n) is 1.66. The lowest BCUT2D eigenvalue weighted by Crippen LogP contribution is -2.20. The zero-order valence-electron chi connectivity index (χ0n) is 7.70. The number of rotatable bonds is 5. The predicted molar refractivity (Wildman–Crippen MR) is 58.6 cm³/mol. The van der Waals surface area contributed by atoms with Gasteiger partial charge in [-0.05, 0) is 24.1 Å². The number of carbonyl (C=O) groups excluding carboxylic acids is 1. The Morgan fingerprint density at radius 2 is 2.29 bits per heavy atom. The van der Waals surface area contributed by atoms with Crippen LogP contribution < -0.4 is 10.5 Å². The fourth-order valence-corrected chi connectivity index (χ4v) is 1.51. The molecule has 1 amide bonds. The Bertz CT molecular complexity index is 315. The summed E-state index contributed by atoms with van der Waals surface area (Å²) in [5, 5.41) is 0.909. The van der Waals surface area contributed by atoms with Gasteiger partial charge in [-0.2, -0.15) is 0 Å². The molecular formula is C10H12BrNO2. The minimum atomic E-state index is -0.462. The molecule has 0 heterocycles. The third kappa shape index (κ3) is 3.79. The summed E-state index contributed by atoms with van der Waals surface area (Å²) in [6.07, 6.45) is 0.938. The average molecular weight is 258 g/mol. The number of carbonyl (C=O) groups is 1. The van der Waals surface area contributed by atoms with Gasteiger partial charge in [0.15, 0.2) is 6.61 Å². The molecule has 1 rings (SSSR count). The van der Waals surface area contributed by atoms with Crippen LogP contribution in [0.3, 0.4) is 0 Å². The smallest absolute Gasteiger partial charge is 0.255 e. The van der Waals surface area contributed by atoms with E-state index in [0.717, 1.165) is 11.8 Å². The molecule has 0 bridgehead atoms. The molecule has 0 aromatic heterocycles. The van der Waals surface area contributed by atoms with Crippen molar-refractivity contribution in [1.29, 1.82) is 0 Å². The van der Waals surface area contributed by atoms with E-state index in [9.17, 15) is 4.79 Å². The first-order valence-electron chi connectivity index (χ1n) is 4.28. The standard InChI is InChI=1S/C10H12BrNO2/c11-5-4-8-2-1-3-9(6-8)14-7-10(12)13/h1-3,6H,4-5,7H2,(H2,12,13). The Labute approximate surface area is 91.4 Å². The Morgan fingerprint density at radius 3 is 2.93 bits per heavy atom. The van der Waals surface area contributed by atoms with Crippen LogP contribution >= 0.6 is 15.9 Å². The number of aryl methyl sites for hydroxylation is 1. The van der Waals surface area contributed by atoms with E-state index in [2.05, 4.69) is 15.9 Å². The number of ether oxygens (including phenoxy) is 1. The molecule has 3 nitrogen and oxygen atoms in total. The van der Waals surface area contributed by atoms with Crippen LogP contribution in [0.4, 0.5) is 0 Å². The maximum absolute atomic E-state index is 10.5. The van der Waals surface area contributed by atoms with E-state index in [4.69, 9.17) is 10.5 Å². The van der Waals surface area contributed by atoms with Gasteiger partial charge in [0.2, 0.25) is 0 Å². The van der Waals surface area contributed by atoms with Crippen molar-refractivity contribution in [3.63, 3.8) is 0 Å². The summed E-state index contributed by atoms with van der Waals surface area (Å²) in [5.41, 5.74) is 6.14. The predicted octanol–water partition coefficient (Wildman–Crippen LogP) is 1.49. The first kappa shape index (κ1) is 11.0. The van der Waals surface area contributed by atoms with E-state index in [1.165, 1.54) is 5.56 Å². The number of benzene rings is 1. The maximum Gasteiger partial charge on any atom is 0.255 e. The van der Waals surface area contributed by atoms with Gasteiger partial charge in [-0.15, -0.1) is 0 Å². The zero-order chi connectivity index (χ0) is 10.4. The molecule has 0 atom stereocenters. The van der Waals surface area contributed by atoms with Crippen molar-refractivity contribution in [1.82, 2.24) is 0 Å². The molecule has 0 spiro atoms. The van der Waals surface area contributed by atoms with E-state index < -0.39 is 5.91 Å². The molecule has 0 saturated carbocycles. The fraction of sp³-hybridized carbons (Fsp3) is 0.300. The number of amides is 1. The topological polar surface area (TPSA) is 52.3 Å². The highest BCUT2D eigenvalue weighted by atomic mass is 79.9. The van der Waals surface area contributed by atoms with Crippen LogP contribution in [-0.4, -0.2) is 17.8 Å². The molecule has 14 heavy (non-hydrogen) atoms. The van der Waals surface area contributed by atoms with Crippen molar-refractivity contribution in [3.05, 3.63) is 29.8 Å². The van der Waals surface area contributed by atoms with E-state index in [1.54, 1.807) is 6.07 Å². The highest BCUT2D eigenvalue weighted by Gasteiger charge is 1.98. The second-order valence-electron chi connectivity index (χ2n) is 2.84. The second-order valence-corrected chi connectivity index (χ2v) is 3.63. The van der Waals surface area contributed by atoms with Gasteiger partial charge in [0.1, 0.15) is 5.75 Å².